The first kappa shape index (κ1) is 21.6. The molecule has 164 valence electrons. The molecule has 1 aromatic carbocycles. The Morgan fingerprint density at radius 2 is 2.19 bits per heavy atom. The van der Waals surface area contributed by atoms with Crippen molar-refractivity contribution in [2.24, 2.45) is 11.3 Å². The number of halogens is 3. The average Bonchev–Trinajstić information content (AvgIpc) is 3.31. The van der Waals surface area contributed by atoms with Crippen LogP contribution in [0, 0.1) is 18.3 Å². The van der Waals surface area contributed by atoms with Crippen LogP contribution >= 0.6 is 11.3 Å². The van der Waals surface area contributed by atoms with Gasteiger partial charge in [-0.1, -0.05) is 30.4 Å². The molecular weight excluding hydrogens is 427 g/mol. The molecular formula is C23H22F3NO3S. The predicted octanol–water partition coefficient (Wildman–Crippen LogP) is 5.61. The Morgan fingerprint density at radius 1 is 1.39 bits per heavy atom. The molecule has 0 radical (unpaired) electrons. The van der Waals surface area contributed by atoms with E-state index >= 15 is 0 Å². The van der Waals surface area contributed by atoms with Gasteiger partial charge in [-0.15, -0.1) is 11.3 Å². The van der Waals surface area contributed by atoms with Gasteiger partial charge in [-0.2, -0.15) is 13.2 Å². The lowest BCUT2D eigenvalue weighted by molar-refractivity contribution is -0.174. The van der Waals surface area contributed by atoms with Gasteiger partial charge in [0.25, 0.3) is 0 Å². The first-order valence-electron chi connectivity index (χ1n) is 10.0. The molecule has 1 fully saturated rings. The molecule has 4 rings (SSSR count). The normalized spacial score (nSPS) is 22.5. The number of benzene rings is 1. The number of hydrogen-bond donors (Lipinski definition) is 1. The Kier molecular flexibility index (Phi) is 5.68. The van der Waals surface area contributed by atoms with E-state index in [4.69, 9.17) is 9.84 Å². The summed E-state index contributed by atoms with van der Waals surface area (Å²) >= 11 is 1.50. The van der Waals surface area contributed by atoms with Gasteiger partial charge in [0, 0.05) is 11.3 Å². The van der Waals surface area contributed by atoms with Gasteiger partial charge in [-0.05, 0) is 49.0 Å². The maximum absolute atomic E-state index is 13.4. The van der Waals surface area contributed by atoms with Crippen LogP contribution in [-0.2, 0) is 17.6 Å². The van der Waals surface area contributed by atoms with Gasteiger partial charge in [0.05, 0.1) is 24.1 Å². The van der Waals surface area contributed by atoms with Crippen LogP contribution in [0.25, 0.3) is 5.57 Å². The number of rotatable bonds is 7. The highest BCUT2D eigenvalue weighted by atomic mass is 32.1. The lowest BCUT2D eigenvalue weighted by Crippen LogP contribution is -2.24. The number of fused-ring (bicyclic) bond motifs is 1. The lowest BCUT2D eigenvalue weighted by atomic mass is 10.0. The van der Waals surface area contributed by atoms with E-state index in [1.807, 2.05) is 6.92 Å². The zero-order valence-corrected chi connectivity index (χ0v) is 17.7. The largest absolute Gasteiger partial charge is 0.493 e. The van der Waals surface area contributed by atoms with Crippen molar-refractivity contribution in [3.8, 4) is 5.75 Å². The maximum atomic E-state index is 13.4. The standard InChI is InChI=1S/C23H22F3NO3S/c1-14-19(7-9-30-18-6-2-4-15(10-18)11-20(28)29)27-21(31-14)16-5-3-8-22(23(24,25)26)13-17(22)12-16/h2-4,6,8,10,12,17H,5,7,9,11,13H2,1H3,(H,28,29). The number of alkyl halides is 3. The topological polar surface area (TPSA) is 59.4 Å². The second-order valence-electron chi connectivity index (χ2n) is 7.99. The van der Waals surface area contributed by atoms with Crippen molar-refractivity contribution in [3.63, 3.8) is 0 Å². The number of aliphatic carboxylic acids is 1. The molecule has 0 amide bonds. The minimum absolute atomic E-state index is 0.0636. The van der Waals surface area contributed by atoms with Crippen molar-refractivity contribution < 1.29 is 27.8 Å². The number of aromatic nitrogens is 1. The summed E-state index contributed by atoms with van der Waals surface area (Å²) in [6.45, 7) is 2.33. The van der Waals surface area contributed by atoms with Crippen molar-refractivity contribution in [1.82, 2.24) is 4.98 Å². The van der Waals surface area contributed by atoms with Gasteiger partial charge in [0.2, 0.25) is 0 Å². The molecule has 0 aliphatic heterocycles. The summed E-state index contributed by atoms with van der Waals surface area (Å²) in [5.41, 5.74) is 0.702. The molecule has 1 heterocycles. The summed E-state index contributed by atoms with van der Waals surface area (Å²) in [7, 11) is 0. The van der Waals surface area contributed by atoms with Crippen LogP contribution in [0.3, 0.4) is 0 Å². The third-order valence-electron chi connectivity index (χ3n) is 5.77. The van der Waals surface area contributed by atoms with Gasteiger partial charge in [0.15, 0.2) is 0 Å². The van der Waals surface area contributed by atoms with Gasteiger partial charge in [0.1, 0.15) is 10.8 Å². The second kappa shape index (κ2) is 8.15. The van der Waals surface area contributed by atoms with Gasteiger partial charge in [-0.3, -0.25) is 4.79 Å². The van der Waals surface area contributed by atoms with Crippen LogP contribution in [0.15, 0.2) is 42.5 Å². The molecule has 0 bridgehead atoms. The van der Waals surface area contributed by atoms with E-state index in [0.29, 0.717) is 30.8 Å². The highest BCUT2D eigenvalue weighted by Gasteiger charge is 2.68. The van der Waals surface area contributed by atoms with Crippen LogP contribution in [0.2, 0.25) is 0 Å². The molecule has 1 N–H and O–H groups in total. The average molecular weight is 449 g/mol. The quantitative estimate of drug-likeness (QED) is 0.558. The van der Waals surface area contributed by atoms with Crippen molar-refractivity contribution >= 4 is 22.9 Å². The molecule has 1 aromatic heterocycles. The number of nitrogens with zero attached hydrogens (tertiary/aromatic N) is 1. The number of thiazole rings is 1. The number of aryl methyl sites for hydroxylation is 1. The molecule has 4 nitrogen and oxygen atoms in total. The monoisotopic (exact) mass is 449 g/mol. The van der Waals surface area contributed by atoms with Crippen LogP contribution in [-0.4, -0.2) is 28.8 Å². The number of ether oxygens (including phenoxy) is 1. The van der Waals surface area contributed by atoms with E-state index in [0.717, 1.165) is 21.2 Å². The first-order valence-corrected chi connectivity index (χ1v) is 10.8. The van der Waals surface area contributed by atoms with Gasteiger partial charge < -0.3 is 9.84 Å². The van der Waals surface area contributed by atoms with Crippen LogP contribution < -0.4 is 4.74 Å². The minimum Gasteiger partial charge on any atom is -0.493 e. The number of carbonyl (C=O) groups is 1. The number of allylic oxidation sites excluding steroid dienone is 4. The highest BCUT2D eigenvalue weighted by molar-refractivity contribution is 7.12. The van der Waals surface area contributed by atoms with Crippen LogP contribution in [0.5, 0.6) is 5.75 Å². The molecule has 2 atom stereocenters. The number of carboxylic acids is 1. The summed E-state index contributed by atoms with van der Waals surface area (Å²) in [6.07, 6.45) is 1.54. The number of hydrogen-bond acceptors (Lipinski definition) is 4. The van der Waals surface area contributed by atoms with Crippen LogP contribution in [0.1, 0.15) is 34.0 Å². The molecule has 8 heteroatoms. The van der Waals surface area contributed by atoms with Crippen molar-refractivity contribution in [2.75, 3.05) is 6.61 Å². The lowest BCUT2D eigenvalue weighted by Gasteiger charge is -2.15. The van der Waals surface area contributed by atoms with E-state index in [1.54, 1.807) is 36.4 Å². The van der Waals surface area contributed by atoms with Crippen molar-refractivity contribution in [1.29, 1.82) is 0 Å². The smallest absolute Gasteiger partial charge is 0.398 e. The predicted molar refractivity (Wildman–Crippen MR) is 112 cm³/mol. The number of carboxylic acid groups (broad SMARTS) is 1. The molecule has 0 spiro atoms. The molecule has 31 heavy (non-hydrogen) atoms. The van der Waals surface area contributed by atoms with E-state index in [9.17, 15) is 18.0 Å². The minimum atomic E-state index is -4.22. The van der Waals surface area contributed by atoms with E-state index in [-0.39, 0.29) is 12.8 Å². The van der Waals surface area contributed by atoms with Crippen molar-refractivity contribution in [3.05, 3.63) is 63.6 Å². The fourth-order valence-corrected chi connectivity index (χ4v) is 4.97. The second-order valence-corrected chi connectivity index (χ2v) is 9.19. The van der Waals surface area contributed by atoms with Crippen molar-refractivity contribution in [2.45, 2.75) is 38.8 Å². The Labute approximate surface area is 182 Å². The summed E-state index contributed by atoms with van der Waals surface area (Å²) in [6, 6.07) is 6.97. The highest BCUT2D eigenvalue weighted by Crippen LogP contribution is 2.65. The molecule has 0 saturated heterocycles. The van der Waals surface area contributed by atoms with E-state index in [2.05, 4.69) is 4.98 Å². The third kappa shape index (κ3) is 4.54. The fraction of sp³-hybridized carbons (Fsp3) is 0.391. The molecule has 1 saturated carbocycles. The SMILES string of the molecule is Cc1sc(C2=CC3CC3(C(F)(F)F)C=CC2)nc1CCOc1cccc(CC(=O)O)c1. The molecule has 2 aliphatic rings. The summed E-state index contributed by atoms with van der Waals surface area (Å²) < 4.78 is 45.9. The molecule has 2 aliphatic carbocycles. The first-order chi connectivity index (χ1) is 14.7. The fourth-order valence-electron chi connectivity index (χ4n) is 3.97. The molecule has 2 aromatic rings. The Bertz CT molecular complexity index is 1060. The van der Waals surface area contributed by atoms with E-state index in [1.165, 1.54) is 17.4 Å². The Hall–Kier alpha value is -2.61. The molecule has 2 unspecified atom stereocenters. The third-order valence-corrected chi connectivity index (χ3v) is 6.86. The van der Waals surface area contributed by atoms with Crippen LogP contribution in [0.4, 0.5) is 13.2 Å². The Morgan fingerprint density at radius 3 is 2.94 bits per heavy atom. The summed E-state index contributed by atoms with van der Waals surface area (Å²) in [5, 5.41) is 9.67. The zero-order chi connectivity index (χ0) is 22.2. The van der Waals surface area contributed by atoms with Gasteiger partial charge >= 0.3 is 12.1 Å². The van der Waals surface area contributed by atoms with E-state index < -0.39 is 23.5 Å². The summed E-state index contributed by atoms with van der Waals surface area (Å²) in [4.78, 5) is 16.5. The Balaban J connectivity index is 1.40. The summed E-state index contributed by atoms with van der Waals surface area (Å²) in [5.74, 6) is -0.805. The van der Waals surface area contributed by atoms with Gasteiger partial charge in [-0.25, -0.2) is 4.98 Å². The zero-order valence-electron chi connectivity index (χ0n) is 16.9. The maximum Gasteiger partial charge on any atom is 0.398 e.